The molecule has 110 valence electrons. The molecule has 3 N–H and O–H groups in total. The van der Waals surface area contributed by atoms with Crippen LogP contribution in [0.2, 0.25) is 0 Å². The Morgan fingerprint density at radius 3 is 2.85 bits per heavy atom. The molecule has 1 heterocycles. The second kappa shape index (κ2) is 7.87. The third-order valence-corrected chi connectivity index (χ3v) is 3.31. The molecule has 1 aromatic rings. The fourth-order valence-corrected chi connectivity index (χ4v) is 2.18. The highest BCUT2D eigenvalue weighted by Crippen LogP contribution is 2.09. The van der Waals surface area contributed by atoms with Gasteiger partial charge in [-0.25, -0.2) is 0 Å². The fraction of sp³-hybridized carbons (Fsp3) is 0.429. The van der Waals surface area contributed by atoms with E-state index >= 15 is 0 Å². The summed E-state index contributed by atoms with van der Waals surface area (Å²) in [7, 11) is 1.60. The standard InChI is InChI=1S/C14H19N3O2.ClH/c1-15-13(18)11-4-2-3-10(7-11)8-17-14(19)12-5-6-16-9-12;/h2-4,7,12,16H,5-6,8-9H2,1H3,(H,15,18)(H,17,19);1H. The highest BCUT2D eigenvalue weighted by Gasteiger charge is 2.21. The first-order chi connectivity index (χ1) is 9.20. The number of carbonyl (C=O) groups is 2. The van der Waals surface area contributed by atoms with E-state index < -0.39 is 0 Å². The molecule has 1 unspecified atom stereocenters. The third-order valence-electron chi connectivity index (χ3n) is 3.31. The molecule has 0 aromatic heterocycles. The Kier molecular flexibility index (Phi) is 6.48. The van der Waals surface area contributed by atoms with Crippen LogP contribution in [-0.2, 0) is 11.3 Å². The number of carbonyl (C=O) groups excluding carboxylic acids is 2. The first-order valence-electron chi connectivity index (χ1n) is 6.50. The maximum absolute atomic E-state index is 11.9. The number of nitrogens with one attached hydrogen (secondary N) is 3. The van der Waals surface area contributed by atoms with Crippen molar-refractivity contribution in [3.05, 3.63) is 35.4 Å². The van der Waals surface area contributed by atoms with E-state index in [0.29, 0.717) is 12.1 Å². The molecule has 1 aromatic carbocycles. The van der Waals surface area contributed by atoms with Gasteiger partial charge >= 0.3 is 0 Å². The minimum atomic E-state index is -0.117. The lowest BCUT2D eigenvalue weighted by Crippen LogP contribution is -2.31. The lowest BCUT2D eigenvalue weighted by Gasteiger charge is -2.10. The molecule has 1 saturated heterocycles. The van der Waals surface area contributed by atoms with Gasteiger partial charge in [-0.2, -0.15) is 0 Å². The van der Waals surface area contributed by atoms with Crippen LogP contribution in [0, 0.1) is 5.92 Å². The Morgan fingerprint density at radius 2 is 2.20 bits per heavy atom. The zero-order valence-corrected chi connectivity index (χ0v) is 12.3. The average molecular weight is 298 g/mol. The summed E-state index contributed by atoms with van der Waals surface area (Å²) in [6.45, 7) is 2.12. The average Bonchev–Trinajstić information content (AvgIpc) is 2.98. The van der Waals surface area contributed by atoms with Crippen molar-refractivity contribution in [3.8, 4) is 0 Å². The molecule has 0 spiro atoms. The van der Waals surface area contributed by atoms with Crippen LogP contribution >= 0.6 is 12.4 Å². The van der Waals surface area contributed by atoms with Crippen molar-refractivity contribution in [1.82, 2.24) is 16.0 Å². The van der Waals surface area contributed by atoms with Crippen LogP contribution in [0.1, 0.15) is 22.3 Å². The molecule has 1 aliphatic rings. The molecule has 2 rings (SSSR count). The van der Waals surface area contributed by atoms with E-state index in [0.717, 1.165) is 25.1 Å². The molecular weight excluding hydrogens is 278 g/mol. The lowest BCUT2D eigenvalue weighted by molar-refractivity contribution is -0.124. The molecule has 0 saturated carbocycles. The summed E-state index contributed by atoms with van der Waals surface area (Å²) in [6.07, 6.45) is 0.893. The van der Waals surface area contributed by atoms with Crippen molar-refractivity contribution in [2.45, 2.75) is 13.0 Å². The van der Waals surface area contributed by atoms with E-state index in [1.54, 1.807) is 19.2 Å². The summed E-state index contributed by atoms with van der Waals surface area (Å²) < 4.78 is 0. The van der Waals surface area contributed by atoms with E-state index in [4.69, 9.17) is 0 Å². The molecular formula is C14H20ClN3O2. The van der Waals surface area contributed by atoms with Crippen molar-refractivity contribution in [1.29, 1.82) is 0 Å². The smallest absolute Gasteiger partial charge is 0.251 e. The number of hydrogen-bond acceptors (Lipinski definition) is 3. The van der Waals surface area contributed by atoms with Crippen LogP contribution in [0.25, 0.3) is 0 Å². The third kappa shape index (κ3) is 4.21. The highest BCUT2D eigenvalue weighted by molar-refractivity contribution is 5.94. The summed E-state index contributed by atoms with van der Waals surface area (Å²) >= 11 is 0. The van der Waals surface area contributed by atoms with Crippen molar-refractivity contribution in [2.24, 2.45) is 5.92 Å². The lowest BCUT2D eigenvalue weighted by atomic mass is 10.1. The van der Waals surface area contributed by atoms with Crippen LogP contribution in [0.4, 0.5) is 0 Å². The summed E-state index contributed by atoms with van der Waals surface area (Å²) in [5.41, 5.74) is 1.54. The van der Waals surface area contributed by atoms with Gasteiger partial charge < -0.3 is 16.0 Å². The molecule has 1 fully saturated rings. The topological polar surface area (TPSA) is 70.2 Å². The van der Waals surface area contributed by atoms with Crippen molar-refractivity contribution in [2.75, 3.05) is 20.1 Å². The number of rotatable bonds is 4. The largest absolute Gasteiger partial charge is 0.355 e. The summed E-state index contributed by atoms with van der Waals surface area (Å²) in [5.74, 6) is 0.0330. The first kappa shape index (κ1) is 16.5. The van der Waals surface area contributed by atoms with Gasteiger partial charge in [0.25, 0.3) is 5.91 Å². The second-order valence-corrected chi connectivity index (χ2v) is 4.69. The van der Waals surface area contributed by atoms with Crippen LogP contribution in [-0.4, -0.2) is 32.0 Å². The molecule has 1 atom stereocenters. The van der Waals surface area contributed by atoms with Crippen molar-refractivity contribution >= 4 is 24.2 Å². The molecule has 0 aliphatic carbocycles. The first-order valence-corrected chi connectivity index (χ1v) is 6.50. The Hall–Kier alpha value is -1.59. The predicted molar refractivity (Wildman–Crippen MR) is 79.9 cm³/mol. The Labute approximate surface area is 124 Å². The molecule has 1 aliphatic heterocycles. The summed E-state index contributed by atoms with van der Waals surface area (Å²) in [6, 6.07) is 7.28. The van der Waals surface area contributed by atoms with Gasteiger partial charge in [-0.15, -0.1) is 12.4 Å². The fourth-order valence-electron chi connectivity index (χ4n) is 2.18. The molecule has 6 heteroatoms. The van der Waals surface area contributed by atoms with E-state index in [1.165, 1.54) is 0 Å². The van der Waals surface area contributed by atoms with E-state index in [2.05, 4.69) is 16.0 Å². The molecule has 0 bridgehead atoms. The van der Waals surface area contributed by atoms with E-state index in [-0.39, 0.29) is 30.1 Å². The summed E-state index contributed by atoms with van der Waals surface area (Å²) in [4.78, 5) is 23.4. The number of halogens is 1. The van der Waals surface area contributed by atoms with Gasteiger partial charge in [0.1, 0.15) is 0 Å². The Morgan fingerprint density at radius 1 is 1.40 bits per heavy atom. The maximum atomic E-state index is 11.9. The van der Waals surface area contributed by atoms with Crippen LogP contribution in [0.5, 0.6) is 0 Å². The SMILES string of the molecule is CNC(=O)c1cccc(CNC(=O)C2CCNC2)c1.Cl. The zero-order chi connectivity index (χ0) is 13.7. The number of benzene rings is 1. The monoisotopic (exact) mass is 297 g/mol. The Bertz CT molecular complexity index is 473. The number of hydrogen-bond donors (Lipinski definition) is 3. The highest BCUT2D eigenvalue weighted by atomic mass is 35.5. The molecule has 0 radical (unpaired) electrons. The molecule has 5 nitrogen and oxygen atoms in total. The second-order valence-electron chi connectivity index (χ2n) is 4.69. The van der Waals surface area contributed by atoms with Gasteiger partial charge in [-0.3, -0.25) is 9.59 Å². The molecule has 20 heavy (non-hydrogen) atoms. The van der Waals surface area contributed by atoms with Crippen LogP contribution in [0.3, 0.4) is 0 Å². The quantitative estimate of drug-likeness (QED) is 0.766. The maximum Gasteiger partial charge on any atom is 0.251 e. The van der Waals surface area contributed by atoms with Gasteiger partial charge in [-0.1, -0.05) is 12.1 Å². The number of amides is 2. The van der Waals surface area contributed by atoms with E-state index in [9.17, 15) is 9.59 Å². The Balaban J connectivity index is 0.00000200. The van der Waals surface area contributed by atoms with Gasteiger partial charge in [0.05, 0.1) is 5.92 Å². The van der Waals surface area contributed by atoms with Crippen LogP contribution < -0.4 is 16.0 Å². The van der Waals surface area contributed by atoms with Gasteiger partial charge in [-0.05, 0) is 30.7 Å². The van der Waals surface area contributed by atoms with E-state index in [1.807, 2.05) is 12.1 Å². The minimum absolute atomic E-state index is 0. The minimum Gasteiger partial charge on any atom is -0.355 e. The predicted octanol–water partition coefficient (Wildman–Crippen LogP) is 0.694. The van der Waals surface area contributed by atoms with Gasteiger partial charge in [0, 0.05) is 25.7 Å². The van der Waals surface area contributed by atoms with Gasteiger partial charge in [0.15, 0.2) is 0 Å². The van der Waals surface area contributed by atoms with Crippen molar-refractivity contribution < 1.29 is 9.59 Å². The summed E-state index contributed by atoms with van der Waals surface area (Å²) in [5, 5.41) is 8.67. The molecule has 2 amide bonds. The zero-order valence-electron chi connectivity index (χ0n) is 11.4. The van der Waals surface area contributed by atoms with Crippen molar-refractivity contribution in [3.63, 3.8) is 0 Å². The normalized spacial score (nSPS) is 17.1. The van der Waals surface area contributed by atoms with Gasteiger partial charge in [0.2, 0.25) is 5.91 Å². The van der Waals surface area contributed by atoms with Crippen LogP contribution in [0.15, 0.2) is 24.3 Å².